The van der Waals surface area contributed by atoms with Crippen molar-refractivity contribution in [2.24, 2.45) is 5.73 Å². The number of halogens is 1. The van der Waals surface area contributed by atoms with Crippen LogP contribution in [0.1, 0.15) is 18.6 Å². The van der Waals surface area contributed by atoms with E-state index in [2.05, 4.69) is 15.9 Å². The summed E-state index contributed by atoms with van der Waals surface area (Å²) in [6.07, 6.45) is 2.07. The highest BCUT2D eigenvalue weighted by Gasteiger charge is 2.43. The van der Waals surface area contributed by atoms with Crippen molar-refractivity contribution in [1.82, 2.24) is 0 Å². The highest BCUT2D eigenvalue weighted by Crippen LogP contribution is 2.44. The van der Waals surface area contributed by atoms with Gasteiger partial charge in [-0.05, 0) is 37.1 Å². The Kier molecular flexibility index (Phi) is 1.59. The van der Waals surface area contributed by atoms with Gasteiger partial charge in [-0.15, -0.1) is 0 Å². The lowest BCUT2D eigenvalue weighted by atomic mass is 10.2. The second-order valence-electron chi connectivity index (χ2n) is 3.95. The zero-order valence-electron chi connectivity index (χ0n) is 7.59. The molecule has 1 aromatic heterocycles. The van der Waals surface area contributed by atoms with Gasteiger partial charge in [-0.1, -0.05) is 15.9 Å². The van der Waals surface area contributed by atoms with Gasteiger partial charge < -0.3 is 10.2 Å². The molecule has 2 aromatic rings. The molecule has 0 saturated heterocycles. The third kappa shape index (κ3) is 1.20. The fourth-order valence-electron chi connectivity index (χ4n) is 1.64. The Labute approximate surface area is 90.2 Å². The van der Waals surface area contributed by atoms with Gasteiger partial charge in [0, 0.05) is 9.86 Å². The molecule has 2 N–H and O–H groups in total. The molecule has 1 heterocycles. The Morgan fingerprint density at radius 2 is 2.07 bits per heavy atom. The monoisotopic (exact) mass is 251 g/mol. The SMILES string of the molecule is NC1(c2cc3cc(Br)ccc3o2)CC1. The standard InChI is InChI=1S/C11H10BrNO/c12-8-1-2-9-7(5-8)6-10(14-9)11(13)3-4-11/h1-2,5-6H,3-4,13H2. The summed E-state index contributed by atoms with van der Waals surface area (Å²) in [6, 6.07) is 8.04. The van der Waals surface area contributed by atoms with E-state index >= 15 is 0 Å². The molecule has 1 saturated carbocycles. The lowest BCUT2D eigenvalue weighted by molar-refractivity contribution is 0.486. The molecule has 0 aliphatic heterocycles. The maximum atomic E-state index is 6.06. The minimum atomic E-state index is -0.175. The Morgan fingerprint density at radius 3 is 2.79 bits per heavy atom. The lowest BCUT2D eigenvalue weighted by Crippen LogP contribution is -2.17. The third-order valence-electron chi connectivity index (χ3n) is 2.76. The van der Waals surface area contributed by atoms with Crippen LogP contribution in [0.25, 0.3) is 11.0 Å². The summed E-state index contributed by atoms with van der Waals surface area (Å²) in [7, 11) is 0. The molecule has 0 radical (unpaired) electrons. The predicted octanol–water partition coefficient (Wildman–Crippen LogP) is 3.14. The number of fused-ring (bicyclic) bond motifs is 1. The number of benzene rings is 1. The zero-order chi connectivity index (χ0) is 9.76. The minimum Gasteiger partial charge on any atom is -0.459 e. The van der Waals surface area contributed by atoms with Crippen LogP contribution in [-0.2, 0) is 5.54 Å². The van der Waals surface area contributed by atoms with E-state index in [4.69, 9.17) is 10.2 Å². The molecule has 1 aliphatic carbocycles. The molecule has 0 amide bonds. The Hall–Kier alpha value is -0.800. The molecule has 1 fully saturated rings. The van der Waals surface area contributed by atoms with Crippen LogP contribution in [0.5, 0.6) is 0 Å². The number of furan rings is 1. The van der Waals surface area contributed by atoms with Gasteiger partial charge in [0.25, 0.3) is 0 Å². The third-order valence-corrected chi connectivity index (χ3v) is 3.25. The second kappa shape index (κ2) is 2.61. The van der Waals surface area contributed by atoms with Gasteiger partial charge in [0.05, 0.1) is 5.54 Å². The first-order valence-electron chi connectivity index (χ1n) is 4.66. The fourth-order valence-corrected chi connectivity index (χ4v) is 2.02. The molecule has 0 atom stereocenters. The summed E-state index contributed by atoms with van der Waals surface area (Å²) in [5.74, 6) is 0.922. The van der Waals surface area contributed by atoms with Gasteiger partial charge in [-0.25, -0.2) is 0 Å². The van der Waals surface area contributed by atoms with Crippen LogP contribution in [-0.4, -0.2) is 0 Å². The minimum absolute atomic E-state index is 0.175. The van der Waals surface area contributed by atoms with E-state index in [0.717, 1.165) is 34.0 Å². The first-order valence-corrected chi connectivity index (χ1v) is 5.45. The zero-order valence-corrected chi connectivity index (χ0v) is 9.17. The van der Waals surface area contributed by atoms with E-state index in [-0.39, 0.29) is 5.54 Å². The van der Waals surface area contributed by atoms with Crippen molar-refractivity contribution in [3.8, 4) is 0 Å². The number of hydrogen-bond acceptors (Lipinski definition) is 2. The molecule has 0 spiro atoms. The number of rotatable bonds is 1. The Morgan fingerprint density at radius 1 is 1.29 bits per heavy atom. The van der Waals surface area contributed by atoms with Crippen LogP contribution < -0.4 is 5.73 Å². The van der Waals surface area contributed by atoms with Crippen LogP contribution in [0.2, 0.25) is 0 Å². The van der Waals surface area contributed by atoms with E-state index in [1.807, 2.05) is 24.3 Å². The molecule has 14 heavy (non-hydrogen) atoms. The first kappa shape index (κ1) is 8.50. The normalized spacial score (nSPS) is 18.7. The van der Waals surface area contributed by atoms with Gasteiger partial charge in [0.2, 0.25) is 0 Å². The van der Waals surface area contributed by atoms with Crippen molar-refractivity contribution in [3.05, 3.63) is 34.5 Å². The summed E-state index contributed by atoms with van der Waals surface area (Å²) in [6.45, 7) is 0. The molecule has 0 unspecified atom stereocenters. The lowest BCUT2D eigenvalue weighted by Gasteiger charge is -2.01. The van der Waals surface area contributed by atoms with Gasteiger partial charge >= 0.3 is 0 Å². The van der Waals surface area contributed by atoms with E-state index in [1.54, 1.807) is 0 Å². The summed E-state index contributed by atoms with van der Waals surface area (Å²) in [5.41, 5.74) is 6.81. The summed E-state index contributed by atoms with van der Waals surface area (Å²) >= 11 is 3.43. The molecular formula is C11H10BrNO. The van der Waals surface area contributed by atoms with Crippen molar-refractivity contribution in [2.75, 3.05) is 0 Å². The van der Waals surface area contributed by atoms with Gasteiger partial charge in [0.1, 0.15) is 11.3 Å². The van der Waals surface area contributed by atoms with Crippen LogP contribution in [0, 0.1) is 0 Å². The van der Waals surface area contributed by atoms with Gasteiger partial charge in [-0.2, -0.15) is 0 Å². The maximum absolute atomic E-state index is 6.06. The first-order chi connectivity index (χ1) is 6.67. The van der Waals surface area contributed by atoms with Crippen molar-refractivity contribution in [1.29, 1.82) is 0 Å². The van der Waals surface area contributed by atoms with Gasteiger partial charge in [-0.3, -0.25) is 0 Å². The predicted molar refractivity (Wildman–Crippen MR) is 59.0 cm³/mol. The van der Waals surface area contributed by atoms with Crippen LogP contribution in [0.3, 0.4) is 0 Å². The molecule has 3 heteroatoms. The van der Waals surface area contributed by atoms with Crippen molar-refractivity contribution >= 4 is 26.9 Å². The summed E-state index contributed by atoms with van der Waals surface area (Å²) in [4.78, 5) is 0. The quantitative estimate of drug-likeness (QED) is 0.846. The Bertz CT molecular complexity index is 499. The van der Waals surface area contributed by atoms with E-state index in [1.165, 1.54) is 0 Å². The molecule has 2 nitrogen and oxygen atoms in total. The van der Waals surface area contributed by atoms with Crippen LogP contribution in [0.15, 0.2) is 33.2 Å². The molecular weight excluding hydrogens is 242 g/mol. The average Bonchev–Trinajstić information content (AvgIpc) is 2.77. The summed E-state index contributed by atoms with van der Waals surface area (Å²) in [5, 5.41) is 1.12. The Balaban J connectivity index is 2.20. The van der Waals surface area contributed by atoms with Crippen LogP contribution >= 0.6 is 15.9 Å². The maximum Gasteiger partial charge on any atom is 0.134 e. The summed E-state index contributed by atoms with van der Waals surface area (Å²) < 4.78 is 6.77. The highest BCUT2D eigenvalue weighted by molar-refractivity contribution is 9.10. The number of hydrogen-bond donors (Lipinski definition) is 1. The largest absolute Gasteiger partial charge is 0.459 e. The van der Waals surface area contributed by atoms with E-state index in [0.29, 0.717) is 0 Å². The van der Waals surface area contributed by atoms with Gasteiger partial charge in [0.15, 0.2) is 0 Å². The highest BCUT2D eigenvalue weighted by atomic mass is 79.9. The molecule has 72 valence electrons. The van der Waals surface area contributed by atoms with E-state index < -0.39 is 0 Å². The average molecular weight is 252 g/mol. The van der Waals surface area contributed by atoms with Crippen molar-refractivity contribution in [3.63, 3.8) is 0 Å². The van der Waals surface area contributed by atoms with Crippen LogP contribution in [0.4, 0.5) is 0 Å². The second-order valence-corrected chi connectivity index (χ2v) is 4.86. The van der Waals surface area contributed by atoms with Crippen molar-refractivity contribution < 1.29 is 4.42 Å². The molecule has 1 aliphatic rings. The molecule has 1 aromatic carbocycles. The van der Waals surface area contributed by atoms with E-state index in [9.17, 15) is 0 Å². The smallest absolute Gasteiger partial charge is 0.134 e. The fraction of sp³-hybridized carbons (Fsp3) is 0.273. The molecule has 0 bridgehead atoms. The topological polar surface area (TPSA) is 39.2 Å². The van der Waals surface area contributed by atoms with Crippen molar-refractivity contribution in [2.45, 2.75) is 18.4 Å². The molecule has 3 rings (SSSR count). The number of nitrogens with two attached hydrogens (primary N) is 1.